The molecular formula is C15H25ClN2O. The van der Waals surface area contributed by atoms with E-state index in [1.54, 1.807) is 4.90 Å². The Morgan fingerprint density at radius 2 is 1.84 bits per heavy atom. The van der Waals surface area contributed by atoms with Gasteiger partial charge in [-0.3, -0.25) is 4.79 Å². The van der Waals surface area contributed by atoms with Gasteiger partial charge in [-0.15, -0.1) is 12.4 Å². The van der Waals surface area contributed by atoms with E-state index in [2.05, 4.69) is 31.3 Å². The Hall–Kier alpha value is -1.06. The molecule has 0 saturated heterocycles. The van der Waals surface area contributed by atoms with Crippen LogP contribution in [0, 0.1) is 0 Å². The van der Waals surface area contributed by atoms with E-state index in [-0.39, 0.29) is 23.7 Å². The van der Waals surface area contributed by atoms with Gasteiger partial charge < -0.3 is 10.2 Å². The summed E-state index contributed by atoms with van der Waals surface area (Å²) in [5, 5.41) is 3.05. The summed E-state index contributed by atoms with van der Waals surface area (Å²) in [6, 6.07) is 10.2. The van der Waals surface area contributed by atoms with Crippen molar-refractivity contribution in [1.82, 2.24) is 10.2 Å². The van der Waals surface area contributed by atoms with Crippen LogP contribution in [0.15, 0.2) is 30.3 Å². The third-order valence-electron chi connectivity index (χ3n) is 3.27. The first-order valence-corrected chi connectivity index (χ1v) is 6.41. The molecular weight excluding hydrogens is 260 g/mol. The molecule has 3 nitrogen and oxygen atoms in total. The number of carbonyl (C=O) groups excluding carboxylic acids is 1. The maximum absolute atomic E-state index is 12.1. The van der Waals surface area contributed by atoms with E-state index < -0.39 is 0 Å². The van der Waals surface area contributed by atoms with Gasteiger partial charge in [-0.1, -0.05) is 44.2 Å². The summed E-state index contributed by atoms with van der Waals surface area (Å²) in [5.41, 5.74) is 1.09. The number of carbonyl (C=O) groups is 1. The minimum Gasteiger partial charge on any atom is -0.344 e. The molecule has 0 aliphatic rings. The molecule has 0 aliphatic heterocycles. The van der Waals surface area contributed by atoms with Crippen LogP contribution in [0.5, 0.6) is 0 Å². The summed E-state index contributed by atoms with van der Waals surface area (Å²) in [4.78, 5) is 13.9. The Morgan fingerprint density at radius 1 is 1.26 bits per heavy atom. The Kier molecular flexibility index (Phi) is 7.72. The molecule has 0 unspecified atom stereocenters. The number of rotatable bonds is 6. The number of hydrogen-bond donors (Lipinski definition) is 1. The molecule has 0 heterocycles. The summed E-state index contributed by atoms with van der Waals surface area (Å²) >= 11 is 0. The molecule has 19 heavy (non-hydrogen) atoms. The Bertz CT molecular complexity index is 379. The average molecular weight is 285 g/mol. The fourth-order valence-corrected chi connectivity index (χ4v) is 1.91. The number of nitrogens with zero attached hydrogens (tertiary/aromatic N) is 1. The van der Waals surface area contributed by atoms with Crippen LogP contribution in [-0.4, -0.2) is 38.0 Å². The van der Waals surface area contributed by atoms with Crippen LogP contribution in [0.1, 0.15) is 25.8 Å². The van der Waals surface area contributed by atoms with Crippen molar-refractivity contribution in [3.05, 3.63) is 35.9 Å². The summed E-state index contributed by atoms with van der Waals surface area (Å²) in [7, 11) is 3.76. The summed E-state index contributed by atoms with van der Waals surface area (Å²) in [5.74, 6) is 0.194. The normalized spacial score (nSPS) is 10.7. The van der Waals surface area contributed by atoms with Crippen LogP contribution in [0.3, 0.4) is 0 Å². The van der Waals surface area contributed by atoms with Crippen molar-refractivity contribution in [1.29, 1.82) is 0 Å². The minimum absolute atomic E-state index is 0. The van der Waals surface area contributed by atoms with Gasteiger partial charge in [0.2, 0.25) is 5.91 Å². The van der Waals surface area contributed by atoms with Crippen LogP contribution >= 0.6 is 12.4 Å². The Morgan fingerprint density at radius 3 is 2.37 bits per heavy atom. The van der Waals surface area contributed by atoms with Crippen molar-refractivity contribution in [2.75, 3.05) is 27.2 Å². The third kappa shape index (κ3) is 5.62. The van der Waals surface area contributed by atoms with Crippen molar-refractivity contribution in [2.24, 2.45) is 0 Å². The molecule has 0 radical (unpaired) electrons. The van der Waals surface area contributed by atoms with E-state index in [9.17, 15) is 4.79 Å². The number of halogens is 1. The molecule has 0 atom stereocenters. The lowest BCUT2D eigenvalue weighted by Gasteiger charge is -2.27. The zero-order chi connectivity index (χ0) is 13.6. The first-order chi connectivity index (χ1) is 8.47. The summed E-state index contributed by atoms with van der Waals surface area (Å²) < 4.78 is 0. The van der Waals surface area contributed by atoms with Gasteiger partial charge >= 0.3 is 0 Å². The van der Waals surface area contributed by atoms with Crippen LogP contribution in [0.2, 0.25) is 0 Å². The second-order valence-corrected chi connectivity index (χ2v) is 5.35. The van der Waals surface area contributed by atoms with Gasteiger partial charge in [-0.05, 0) is 18.0 Å². The van der Waals surface area contributed by atoms with E-state index in [1.165, 1.54) is 5.56 Å². The number of benzene rings is 1. The summed E-state index contributed by atoms with van der Waals surface area (Å²) in [6.45, 7) is 5.81. The van der Waals surface area contributed by atoms with E-state index >= 15 is 0 Å². The highest BCUT2D eigenvalue weighted by molar-refractivity contribution is 5.85. The van der Waals surface area contributed by atoms with Crippen molar-refractivity contribution >= 4 is 18.3 Å². The predicted octanol–water partition coefficient (Wildman–Crippen LogP) is 2.45. The molecule has 1 amide bonds. The molecule has 1 rings (SSSR count). The molecule has 108 valence electrons. The molecule has 0 spiro atoms. The Labute approximate surface area is 122 Å². The number of hydrogen-bond acceptors (Lipinski definition) is 2. The second kappa shape index (κ2) is 8.18. The fraction of sp³-hybridized carbons (Fsp3) is 0.533. The van der Waals surface area contributed by atoms with E-state index in [4.69, 9.17) is 0 Å². The SMILES string of the molecule is CNCCN(C)C(=O)CC(C)(C)c1ccccc1.Cl. The lowest BCUT2D eigenvalue weighted by Crippen LogP contribution is -2.36. The summed E-state index contributed by atoms with van der Waals surface area (Å²) in [6.07, 6.45) is 0.539. The van der Waals surface area contributed by atoms with Crippen molar-refractivity contribution in [2.45, 2.75) is 25.7 Å². The minimum atomic E-state index is -0.119. The van der Waals surface area contributed by atoms with E-state index in [0.717, 1.165) is 13.1 Å². The zero-order valence-corrected chi connectivity index (χ0v) is 13.1. The second-order valence-electron chi connectivity index (χ2n) is 5.35. The van der Waals surface area contributed by atoms with Gasteiger partial charge in [0.15, 0.2) is 0 Å². The number of likely N-dealkylation sites (N-methyl/N-ethyl adjacent to an activating group) is 2. The zero-order valence-electron chi connectivity index (χ0n) is 12.3. The standard InChI is InChI=1S/C15H24N2O.ClH/c1-15(2,13-8-6-5-7-9-13)12-14(18)17(4)11-10-16-3;/h5-9,16H,10-12H2,1-4H3;1H. The number of amides is 1. The van der Waals surface area contributed by atoms with Gasteiger partial charge in [-0.25, -0.2) is 0 Å². The monoisotopic (exact) mass is 284 g/mol. The van der Waals surface area contributed by atoms with Crippen LogP contribution in [-0.2, 0) is 10.2 Å². The van der Waals surface area contributed by atoms with Gasteiger partial charge in [0.1, 0.15) is 0 Å². The highest BCUT2D eigenvalue weighted by Crippen LogP contribution is 2.27. The van der Waals surface area contributed by atoms with E-state index in [0.29, 0.717) is 6.42 Å². The lowest BCUT2D eigenvalue weighted by atomic mass is 9.81. The van der Waals surface area contributed by atoms with E-state index in [1.807, 2.05) is 32.3 Å². The maximum Gasteiger partial charge on any atom is 0.223 e. The quantitative estimate of drug-likeness (QED) is 0.870. The molecule has 1 aromatic rings. The molecule has 0 fully saturated rings. The van der Waals surface area contributed by atoms with Crippen molar-refractivity contribution < 1.29 is 4.79 Å². The lowest BCUT2D eigenvalue weighted by molar-refractivity contribution is -0.130. The topological polar surface area (TPSA) is 32.3 Å². The average Bonchev–Trinajstić information content (AvgIpc) is 2.36. The smallest absolute Gasteiger partial charge is 0.223 e. The highest BCUT2D eigenvalue weighted by atomic mass is 35.5. The molecule has 0 bridgehead atoms. The van der Waals surface area contributed by atoms with Gasteiger partial charge in [0, 0.05) is 26.6 Å². The van der Waals surface area contributed by atoms with Gasteiger partial charge in [0.25, 0.3) is 0 Å². The molecule has 0 saturated carbocycles. The number of nitrogens with one attached hydrogen (secondary N) is 1. The molecule has 4 heteroatoms. The fourth-order valence-electron chi connectivity index (χ4n) is 1.91. The Balaban J connectivity index is 0.00000324. The first kappa shape index (κ1) is 17.9. The van der Waals surface area contributed by atoms with Crippen molar-refractivity contribution in [3.8, 4) is 0 Å². The maximum atomic E-state index is 12.1. The first-order valence-electron chi connectivity index (χ1n) is 6.41. The molecule has 0 aliphatic carbocycles. The molecule has 0 aromatic heterocycles. The largest absolute Gasteiger partial charge is 0.344 e. The van der Waals surface area contributed by atoms with Crippen molar-refractivity contribution in [3.63, 3.8) is 0 Å². The van der Waals surface area contributed by atoms with Gasteiger partial charge in [0.05, 0.1) is 0 Å². The van der Waals surface area contributed by atoms with Gasteiger partial charge in [-0.2, -0.15) is 0 Å². The molecule has 1 N–H and O–H groups in total. The van der Waals surface area contributed by atoms with Crippen LogP contribution < -0.4 is 5.32 Å². The highest BCUT2D eigenvalue weighted by Gasteiger charge is 2.25. The van der Waals surface area contributed by atoms with Crippen LogP contribution in [0.4, 0.5) is 0 Å². The molecule has 1 aromatic carbocycles. The third-order valence-corrected chi connectivity index (χ3v) is 3.27. The van der Waals surface area contributed by atoms with Crippen LogP contribution in [0.25, 0.3) is 0 Å². The predicted molar refractivity (Wildman–Crippen MR) is 82.9 cm³/mol.